The number of aliphatic carboxylic acids is 1. The van der Waals surface area contributed by atoms with Crippen molar-refractivity contribution in [2.24, 2.45) is 11.7 Å². The topological polar surface area (TPSA) is 122 Å². The number of benzene rings is 1. The van der Waals surface area contributed by atoms with Gasteiger partial charge in [0.1, 0.15) is 6.04 Å². The molecule has 1 aromatic rings. The first kappa shape index (κ1) is 25.2. The predicted molar refractivity (Wildman–Crippen MR) is 107 cm³/mol. The van der Waals surface area contributed by atoms with Crippen LogP contribution < -0.4 is 16.4 Å². The lowest BCUT2D eigenvalue weighted by atomic mass is 9.94. The van der Waals surface area contributed by atoms with E-state index in [1.54, 1.807) is 24.3 Å². The zero-order valence-corrected chi connectivity index (χ0v) is 17.1. The standard InChI is InChI=1S/C18H26ClN3O4.ClH/c1-10(2)16(20)17(24)21-9-13(12-4-6-14(19)7-5-12)8-15(23)22-11(3)18(25)26;/h4-7,10-11,13,16H,8-9,20H2,1-3H3,(H,21,24)(H,22,23)(H,25,26);1H/t11-,13-,16+;/m0./s1. The molecule has 0 radical (unpaired) electrons. The number of carboxylic acid groups (broad SMARTS) is 1. The quantitative estimate of drug-likeness (QED) is 0.486. The molecule has 7 nitrogen and oxygen atoms in total. The van der Waals surface area contributed by atoms with Gasteiger partial charge in [0, 0.05) is 23.9 Å². The fourth-order valence-electron chi connectivity index (χ4n) is 2.27. The van der Waals surface area contributed by atoms with Crippen LogP contribution in [-0.4, -0.2) is 41.5 Å². The van der Waals surface area contributed by atoms with Crippen molar-refractivity contribution in [3.8, 4) is 0 Å². The molecule has 27 heavy (non-hydrogen) atoms. The molecule has 0 aliphatic heterocycles. The summed E-state index contributed by atoms with van der Waals surface area (Å²) < 4.78 is 0. The second-order valence-electron chi connectivity index (χ2n) is 6.59. The molecule has 0 aromatic heterocycles. The molecular formula is C18H27Cl2N3O4. The van der Waals surface area contributed by atoms with E-state index in [9.17, 15) is 14.4 Å². The van der Waals surface area contributed by atoms with Gasteiger partial charge in [-0.15, -0.1) is 12.4 Å². The normalized spacial score (nSPS) is 13.9. The Hall–Kier alpha value is -1.83. The molecule has 3 atom stereocenters. The van der Waals surface area contributed by atoms with Crippen LogP contribution in [0, 0.1) is 5.92 Å². The lowest BCUT2D eigenvalue weighted by Gasteiger charge is -2.21. The zero-order valence-electron chi connectivity index (χ0n) is 15.6. The number of carbonyl (C=O) groups excluding carboxylic acids is 2. The third-order valence-corrected chi connectivity index (χ3v) is 4.32. The van der Waals surface area contributed by atoms with Gasteiger partial charge < -0.3 is 21.5 Å². The van der Waals surface area contributed by atoms with Crippen LogP contribution in [0.1, 0.15) is 38.7 Å². The number of nitrogens with one attached hydrogen (secondary N) is 2. The minimum atomic E-state index is -1.11. The molecule has 0 aliphatic rings. The maximum Gasteiger partial charge on any atom is 0.325 e. The largest absolute Gasteiger partial charge is 0.480 e. The summed E-state index contributed by atoms with van der Waals surface area (Å²) in [7, 11) is 0. The van der Waals surface area contributed by atoms with Gasteiger partial charge in [0.05, 0.1) is 6.04 Å². The lowest BCUT2D eigenvalue weighted by Crippen LogP contribution is -2.45. The molecule has 152 valence electrons. The van der Waals surface area contributed by atoms with Crippen LogP contribution in [0.25, 0.3) is 0 Å². The van der Waals surface area contributed by atoms with Gasteiger partial charge in [-0.3, -0.25) is 14.4 Å². The van der Waals surface area contributed by atoms with E-state index < -0.39 is 24.0 Å². The summed E-state index contributed by atoms with van der Waals surface area (Å²) in [6.07, 6.45) is 0.0243. The van der Waals surface area contributed by atoms with Crippen molar-refractivity contribution < 1.29 is 19.5 Å². The summed E-state index contributed by atoms with van der Waals surface area (Å²) in [5.74, 6) is -2.17. The Kier molecular flexibility index (Phi) is 11.0. The van der Waals surface area contributed by atoms with E-state index in [-0.39, 0.29) is 43.1 Å². The fourth-order valence-corrected chi connectivity index (χ4v) is 2.40. The Labute approximate surface area is 170 Å². The Morgan fingerprint density at radius 1 is 1.15 bits per heavy atom. The van der Waals surface area contributed by atoms with Crippen molar-refractivity contribution in [1.82, 2.24) is 10.6 Å². The van der Waals surface area contributed by atoms with Crippen LogP contribution in [0.4, 0.5) is 0 Å². The first-order valence-corrected chi connectivity index (χ1v) is 8.80. The first-order chi connectivity index (χ1) is 12.1. The Morgan fingerprint density at radius 3 is 2.19 bits per heavy atom. The van der Waals surface area contributed by atoms with Gasteiger partial charge in [-0.1, -0.05) is 37.6 Å². The van der Waals surface area contributed by atoms with E-state index in [2.05, 4.69) is 10.6 Å². The highest BCUT2D eigenvalue weighted by Crippen LogP contribution is 2.21. The van der Waals surface area contributed by atoms with Crippen molar-refractivity contribution in [2.75, 3.05) is 6.54 Å². The molecule has 0 heterocycles. The third-order valence-electron chi connectivity index (χ3n) is 4.06. The summed E-state index contributed by atoms with van der Waals surface area (Å²) in [5, 5.41) is 14.6. The average molecular weight is 420 g/mol. The average Bonchev–Trinajstić information content (AvgIpc) is 2.58. The van der Waals surface area contributed by atoms with Gasteiger partial charge in [-0.25, -0.2) is 0 Å². The van der Waals surface area contributed by atoms with Crippen molar-refractivity contribution in [1.29, 1.82) is 0 Å². The number of hydrogen-bond acceptors (Lipinski definition) is 4. The van der Waals surface area contributed by atoms with Crippen molar-refractivity contribution in [2.45, 2.75) is 45.2 Å². The van der Waals surface area contributed by atoms with Gasteiger partial charge >= 0.3 is 5.97 Å². The van der Waals surface area contributed by atoms with Crippen LogP contribution in [0.15, 0.2) is 24.3 Å². The van der Waals surface area contributed by atoms with E-state index in [0.717, 1.165) is 5.56 Å². The molecule has 1 aromatic carbocycles. The number of carbonyl (C=O) groups is 3. The molecule has 2 amide bonds. The molecule has 9 heteroatoms. The molecule has 0 unspecified atom stereocenters. The summed E-state index contributed by atoms with van der Waals surface area (Å²) in [6.45, 7) is 5.29. The summed E-state index contributed by atoms with van der Waals surface area (Å²) in [5.41, 5.74) is 6.64. The van der Waals surface area contributed by atoms with Crippen molar-refractivity contribution in [3.05, 3.63) is 34.9 Å². The van der Waals surface area contributed by atoms with E-state index in [1.807, 2.05) is 13.8 Å². The highest BCUT2D eigenvalue weighted by atomic mass is 35.5. The smallest absolute Gasteiger partial charge is 0.325 e. The minimum Gasteiger partial charge on any atom is -0.480 e. The summed E-state index contributed by atoms with van der Waals surface area (Å²) >= 11 is 5.90. The Balaban J connectivity index is 0.00000676. The van der Waals surface area contributed by atoms with Gasteiger partial charge in [-0.05, 0) is 30.5 Å². The second kappa shape index (κ2) is 11.8. The Bertz CT molecular complexity index is 638. The summed E-state index contributed by atoms with van der Waals surface area (Å²) in [4.78, 5) is 35.1. The predicted octanol–water partition coefficient (Wildman–Crippen LogP) is 1.92. The van der Waals surface area contributed by atoms with Gasteiger partial charge in [0.2, 0.25) is 11.8 Å². The van der Waals surface area contributed by atoms with Gasteiger partial charge in [-0.2, -0.15) is 0 Å². The van der Waals surface area contributed by atoms with E-state index in [4.69, 9.17) is 22.4 Å². The zero-order chi connectivity index (χ0) is 19.9. The van der Waals surface area contributed by atoms with E-state index in [1.165, 1.54) is 6.92 Å². The van der Waals surface area contributed by atoms with E-state index in [0.29, 0.717) is 5.02 Å². The first-order valence-electron chi connectivity index (χ1n) is 8.42. The molecule has 0 saturated carbocycles. The molecule has 0 saturated heterocycles. The van der Waals surface area contributed by atoms with Crippen molar-refractivity contribution in [3.63, 3.8) is 0 Å². The number of rotatable bonds is 9. The lowest BCUT2D eigenvalue weighted by molar-refractivity contribution is -0.141. The highest BCUT2D eigenvalue weighted by molar-refractivity contribution is 6.30. The van der Waals surface area contributed by atoms with E-state index >= 15 is 0 Å². The van der Waals surface area contributed by atoms with Crippen LogP contribution in [0.3, 0.4) is 0 Å². The molecule has 0 fully saturated rings. The van der Waals surface area contributed by atoms with Gasteiger partial charge in [0.15, 0.2) is 0 Å². The maximum absolute atomic E-state index is 12.2. The molecule has 0 spiro atoms. The van der Waals surface area contributed by atoms with Crippen LogP contribution in [-0.2, 0) is 14.4 Å². The maximum atomic E-state index is 12.2. The number of carboxylic acids is 1. The molecular weight excluding hydrogens is 393 g/mol. The number of hydrogen-bond donors (Lipinski definition) is 4. The third kappa shape index (κ3) is 8.60. The molecule has 0 bridgehead atoms. The number of halogens is 2. The van der Waals surface area contributed by atoms with Crippen LogP contribution >= 0.6 is 24.0 Å². The fraction of sp³-hybridized carbons (Fsp3) is 0.500. The molecule has 0 aliphatic carbocycles. The Morgan fingerprint density at radius 2 is 1.70 bits per heavy atom. The number of nitrogens with two attached hydrogens (primary N) is 1. The second-order valence-corrected chi connectivity index (χ2v) is 7.03. The van der Waals surface area contributed by atoms with Crippen molar-refractivity contribution >= 4 is 41.8 Å². The molecule has 5 N–H and O–H groups in total. The monoisotopic (exact) mass is 419 g/mol. The molecule has 1 rings (SSSR count). The number of amides is 2. The van der Waals surface area contributed by atoms with Crippen LogP contribution in [0.2, 0.25) is 5.02 Å². The highest BCUT2D eigenvalue weighted by Gasteiger charge is 2.22. The van der Waals surface area contributed by atoms with Crippen LogP contribution in [0.5, 0.6) is 0 Å². The van der Waals surface area contributed by atoms with Gasteiger partial charge in [0.25, 0.3) is 0 Å². The SMILES string of the molecule is CC(C)[C@@H](N)C(=O)NC[C@H](CC(=O)N[C@@H](C)C(=O)O)c1ccc(Cl)cc1.Cl. The summed E-state index contributed by atoms with van der Waals surface area (Å²) in [6, 6.07) is 5.32. The minimum absolute atomic E-state index is 0.